The molecule has 0 unspecified atom stereocenters. The summed E-state index contributed by atoms with van der Waals surface area (Å²) in [6.45, 7) is 1.73. The molecule has 13 heavy (non-hydrogen) atoms. The lowest BCUT2D eigenvalue weighted by atomic mass is 10.4. The highest BCUT2D eigenvalue weighted by Gasteiger charge is 2.13. The van der Waals surface area contributed by atoms with Crippen molar-refractivity contribution >= 4 is 23.3 Å². The Balaban J connectivity index is 2.68. The van der Waals surface area contributed by atoms with Crippen molar-refractivity contribution in [3.8, 4) is 0 Å². The number of aliphatic imine (C=N–C) groups is 1. The highest BCUT2D eigenvalue weighted by Crippen LogP contribution is 2.19. The summed E-state index contributed by atoms with van der Waals surface area (Å²) >= 11 is 0. The Kier molecular flexibility index (Phi) is 1.44. The standard InChI is InChI=1S/C6H8N6O/c1-2-8-3-4(12-11-2)9-6(7)10-5(3)13/h1H3,(H,8,11)(H4,7,9,10,12,13). The fourth-order valence-corrected chi connectivity index (χ4v) is 1.02. The average molecular weight is 180 g/mol. The highest BCUT2D eigenvalue weighted by atomic mass is 16.1. The van der Waals surface area contributed by atoms with Crippen LogP contribution >= 0.6 is 0 Å². The molecule has 0 saturated heterocycles. The monoisotopic (exact) mass is 180 g/mol. The SMILES string of the molecule is CC1=Nc2c(nc(N)[nH]c2=O)NN1. The summed E-state index contributed by atoms with van der Waals surface area (Å²) in [7, 11) is 0. The van der Waals surface area contributed by atoms with Gasteiger partial charge >= 0.3 is 0 Å². The van der Waals surface area contributed by atoms with Crippen LogP contribution in [0.4, 0.5) is 17.5 Å². The Morgan fingerprint density at radius 3 is 2.92 bits per heavy atom. The third-order valence-corrected chi connectivity index (χ3v) is 1.55. The number of H-pyrrole nitrogens is 1. The molecule has 7 heteroatoms. The molecule has 0 fully saturated rings. The number of nitrogens with two attached hydrogens (primary N) is 1. The van der Waals surface area contributed by atoms with Crippen LogP contribution in [0.1, 0.15) is 6.92 Å². The maximum atomic E-state index is 11.3. The Morgan fingerprint density at radius 1 is 1.38 bits per heavy atom. The molecule has 2 heterocycles. The Bertz CT molecular complexity index is 433. The van der Waals surface area contributed by atoms with Crippen molar-refractivity contribution in [1.82, 2.24) is 15.4 Å². The van der Waals surface area contributed by atoms with Gasteiger partial charge in [-0.1, -0.05) is 0 Å². The number of aromatic nitrogens is 2. The molecule has 0 aromatic carbocycles. The van der Waals surface area contributed by atoms with E-state index in [0.717, 1.165) is 0 Å². The van der Waals surface area contributed by atoms with Crippen LogP contribution in [0.15, 0.2) is 9.79 Å². The van der Waals surface area contributed by atoms with Gasteiger partial charge in [0.1, 0.15) is 5.84 Å². The molecule has 0 bridgehead atoms. The summed E-state index contributed by atoms with van der Waals surface area (Å²) < 4.78 is 0. The maximum Gasteiger partial charge on any atom is 0.280 e. The zero-order valence-corrected chi connectivity index (χ0v) is 6.88. The van der Waals surface area contributed by atoms with Gasteiger partial charge in [0.25, 0.3) is 5.56 Å². The molecule has 7 nitrogen and oxygen atoms in total. The maximum absolute atomic E-state index is 11.3. The summed E-state index contributed by atoms with van der Waals surface area (Å²) in [4.78, 5) is 21.5. The van der Waals surface area contributed by atoms with Gasteiger partial charge in [0.15, 0.2) is 11.5 Å². The largest absolute Gasteiger partial charge is 0.369 e. The minimum absolute atomic E-state index is 0.0628. The zero-order chi connectivity index (χ0) is 9.42. The smallest absolute Gasteiger partial charge is 0.280 e. The third-order valence-electron chi connectivity index (χ3n) is 1.55. The second-order valence-electron chi connectivity index (χ2n) is 2.60. The first-order valence-electron chi connectivity index (χ1n) is 3.64. The molecule has 0 radical (unpaired) electrons. The van der Waals surface area contributed by atoms with Crippen molar-refractivity contribution in [2.24, 2.45) is 4.99 Å². The van der Waals surface area contributed by atoms with E-state index < -0.39 is 0 Å². The molecule has 1 aromatic rings. The lowest BCUT2D eigenvalue weighted by molar-refractivity contribution is 1.01. The first-order valence-corrected chi connectivity index (χ1v) is 3.64. The van der Waals surface area contributed by atoms with Gasteiger partial charge in [-0.15, -0.1) is 0 Å². The molecule has 0 aliphatic carbocycles. The molecule has 1 aliphatic heterocycles. The van der Waals surface area contributed by atoms with Crippen LogP contribution < -0.4 is 22.1 Å². The van der Waals surface area contributed by atoms with E-state index in [4.69, 9.17) is 5.73 Å². The molecule has 0 saturated carbocycles. The quantitative estimate of drug-likeness (QED) is 0.423. The molecular weight excluding hydrogens is 172 g/mol. The Hall–Kier alpha value is -2.05. The van der Waals surface area contributed by atoms with E-state index in [1.54, 1.807) is 6.92 Å². The van der Waals surface area contributed by atoms with Crippen LogP contribution in [0, 0.1) is 0 Å². The third kappa shape index (κ3) is 1.19. The van der Waals surface area contributed by atoms with Gasteiger partial charge in [0.05, 0.1) is 0 Å². The number of amidine groups is 1. The second-order valence-corrected chi connectivity index (χ2v) is 2.60. The molecule has 0 spiro atoms. The fourth-order valence-electron chi connectivity index (χ4n) is 1.02. The number of hydrogen-bond acceptors (Lipinski definition) is 6. The molecule has 0 amide bonds. The lowest BCUT2D eigenvalue weighted by Crippen LogP contribution is -2.32. The van der Waals surface area contributed by atoms with Crippen molar-refractivity contribution in [3.05, 3.63) is 10.4 Å². The number of nitrogen functional groups attached to an aromatic ring is 1. The number of aromatic amines is 1. The van der Waals surface area contributed by atoms with Crippen molar-refractivity contribution < 1.29 is 0 Å². The van der Waals surface area contributed by atoms with Gasteiger partial charge in [0, 0.05) is 0 Å². The zero-order valence-electron chi connectivity index (χ0n) is 6.88. The van der Waals surface area contributed by atoms with E-state index in [1.165, 1.54) is 0 Å². The van der Waals surface area contributed by atoms with Gasteiger partial charge in [-0.25, -0.2) is 4.99 Å². The van der Waals surface area contributed by atoms with Crippen LogP contribution in [0.2, 0.25) is 0 Å². The van der Waals surface area contributed by atoms with E-state index in [9.17, 15) is 4.79 Å². The predicted octanol–water partition coefficient (Wildman–Crippen LogP) is -0.668. The number of fused-ring (bicyclic) bond motifs is 1. The first kappa shape index (κ1) is 7.59. The van der Waals surface area contributed by atoms with Gasteiger partial charge in [-0.2, -0.15) is 4.98 Å². The van der Waals surface area contributed by atoms with Crippen LogP contribution in [0.3, 0.4) is 0 Å². The number of nitrogens with one attached hydrogen (secondary N) is 3. The van der Waals surface area contributed by atoms with Crippen molar-refractivity contribution in [2.75, 3.05) is 11.2 Å². The minimum Gasteiger partial charge on any atom is -0.369 e. The van der Waals surface area contributed by atoms with Crippen LogP contribution in [-0.4, -0.2) is 15.8 Å². The van der Waals surface area contributed by atoms with Gasteiger partial charge in [-0.3, -0.25) is 20.6 Å². The van der Waals surface area contributed by atoms with Gasteiger partial charge in [0.2, 0.25) is 5.95 Å². The van der Waals surface area contributed by atoms with Crippen molar-refractivity contribution in [2.45, 2.75) is 6.92 Å². The van der Waals surface area contributed by atoms with E-state index in [2.05, 4.69) is 25.8 Å². The van der Waals surface area contributed by atoms with Gasteiger partial charge in [-0.05, 0) is 6.92 Å². The summed E-state index contributed by atoms with van der Waals surface area (Å²) in [6.07, 6.45) is 0. The van der Waals surface area contributed by atoms with Crippen molar-refractivity contribution in [3.63, 3.8) is 0 Å². The normalized spacial score (nSPS) is 13.8. The lowest BCUT2D eigenvalue weighted by Gasteiger charge is -2.15. The topological polar surface area (TPSA) is 108 Å². The van der Waals surface area contributed by atoms with E-state index >= 15 is 0 Å². The first-order chi connectivity index (χ1) is 6.16. The number of anilines is 2. The van der Waals surface area contributed by atoms with E-state index in [1.807, 2.05) is 0 Å². The molecular formula is C6H8N6O. The summed E-state index contributed by atoms with van der Waals surface area (Å²) in [6, 6.07) is 0. The highest BCUT2D eigenvalue weighted by molar-refractivity contribution is 5.88. The minimum atomic E-state index is -0.351. The van der Waals surface area contributed by atoms with E-state index in [-0.39, 0.29) is 17.2 Å². The van der Waals surface area contributed by atoms with Crippen LogP contribution in [-0.2, 0) is 0 Å². The number of nitrogens with zero attached hydrogens (tertiary/aromatic N) is 2. The molecule has 68 valence electrons. The molecule has 1 aliphatic rings. The predicted molar refractivity (Wildman–Crippen MR) is 48.8 cm³/mol. The van der Waals surface area contributed by atoms with E-state index in [0.29, 0.717) is 11.7 Å². The number of rotatable bonds is 0. The molecule has 5 N–H and O–H groups in total. The number of hydrogen-bond donors (Lipinski definition) is 4. The van der Waals surface area contributed by atoms with Crippen LogP contribution in [0.25, 0.3) is 0 Å². The van der Waals surface area contributed by atoms with Crippen LogP contribution in [0.5, 0.6) is 0 Å². The number of hydrazine groups is 1. The Morgan fingerprint density at radius 2 is 2.15 bits per heavy atom. The summed E-state index contributed by atoms with van der Waals surface area (Å²) in [5.74, 6) is 1.00. The molecule has 2 rings (SSSR count). The summed E-state index contributed by atoms with van der Waals surface area (Å²) in [5.41, 5.74) is 10.6. The van der Waals surface area contributed by atoms with Crippen molar-refractivity contribution in [1.29, 1.82) is 0 Å². The summed E-state index contributed by atoms with van der Waals surface area (Å²) in [5, 5.41) is 0. The Labute approximate surface area is 73.1 Å². The molecule has 1 aromatic heterocycles. The second kappa shape index (κ2) is 2.47. The average Bonchev–Trinajstić information content (AvgIpc) is 2.06. The fraction of sp³-hybridized carbons (Fsp3) is 0.167. The molecule has 0 atom stereocenters. The van der Waals surface area contributed by atoms with Gasteiger partial charge < -0.3 is 5.73 Å².